The second kappa shape index (κ2) is 8.53. The number of benzene rings is 2. The zero-order valence-corrected chi connectivity index (χ0v) is 14.3. The lowest BCUT2D eigenvalue weighted by molar-refractivity contribution is -0.134. The van der Waals surface area contributed by atoms with Crippen molar-refractivity contribution in [1.82, 2.24) is 4.90 Å². The maximum atomic E-state index is 12.3. The van der Waals surface area contributed by atoms with Crippen LogP contribution in [0, 0.1) is 0 Å². The molecule has 1 fully saturated rings. The van der Waals surface area contributed by atoms with Gasteiger partial charge >= 0.3 is 0 Å². The lowest BCUT2D eigenvalue weighted by Crippen LogP contribution is -2.47. The van der Waals surface area contributed by atoms with Crippen LogP contribution in [0.15, 0.2) is 54.6 Å². The van der Waals surface area contributed by atoms with E-state index >= 15 is 0 Å². The van der Waals surface area contributed by atoms with Gasteiger partial charge in [0.15, 0.2) is 18.1 Å². The maximum Gasteiger partial charge on any atom is 0.260 e. The van der Waals surface area contributed by atoms with Crippen molar-refractivity contribution in [2.45, 2.75) is 25.5 Å². The molecule has 3 rings (SSSR count). The first-order valence-corrected chi connectivity index (χ1v) is 8.64. The third-order valence-electron chi connectivity index (χ3n) is 4.25. The van der Waals surface area contributed by atoms with Crippen LogP contribution in [0.3, 0.4) is 0 Å². The Kier molecular flexibility index (Phi) is 5.90. The van der Waals surface area contributed by atoms with E-state index in [1.807, 2.05) is 54.6 Å². The van der Waals surface area contributed by atoms with Crippen LogP contribution in [-0.2, 0) is 11.4 Å². The van der Waals surface area contributed by atoms with Gasteiger partial charge in [-0.2, -0.15) is 0 Å². The zero-order valence-electron chi connectivity index (χ0n) is 14.3. The topological polar surface area (TPSA) is 64.8 Å². The van der Waals surface area contributed by atoms with Crippen LogP contribution in [0.1, 0.15) is 18.4 Å². The van der Waals surface area contributed by atoms with Gasteiger partial charge in [0, 0.05) is 19.1 Å². The van der Waals surface area contributed by atoms with Crippen LogP contribution >= 0.6 is 0 Å². The number of likely N-dealkylation sites (tertiary alicyclic amines) is 1. The first-order chi connectivity index (χ1) is 12.2. The van der Waals surface area contributed by atoms with Crippen molar-refractivity contribution in [2.24, 2.45) is 5.73 Å². The van der Waals surface area contributed by atoms with Crippen molar-refractivity contribution in [2.75, 3.05) is 19.7 Å². The summed E-state index contributed by atoms with van der Waals surface area (Å²) < 4.78 is 11.6. The van der Waals surface area contributed by atoms with Crippen LogP contribution in [-0.4, -0.2) is 36.5 Å². The fourth-order valence-corrected chi connectivity index (χ4v) is 2.89. The number of hydrogen-bond donors (Lipinski definition) is 1. The molecule has 1 saturated heterocycles. The normalized spacial score (nSPS) is 17.2. The molecule has 2 aromatic carbocycles. The fraction of sp³-hybridized carbons (Fsp3) is 0.350. The van der Waals surface area contributed by atoms with E-state index in [1.165, 1.54) is 0 Å². The molecule has 1 aliphatic heterocycles. The van der Waals surface area contributed by atoms with Crippen molar-refractivity contribution < 1.29 is 14.3 Å². The monoisotopic (exact) mass is 340 g/mol. The molecule has 0 bridgehead atoms. The quantitative estimate of drug-likeness (QED) is 0.878. The second-order valence-corrected chi connectivity index (χ2v) is 6.25. The molecule has 0 spiro atoms. The van der Waals surface area contributed by atoms with E-state index in [0.717, 1.165) is 24.9 Å². The average molecular weight is 340 g/mol. The number of amides is 1. The molecule has 0 saturated carbocycles. The van der Waals surface area contributed by atoms with Crippen LogP contribution in [0.5, 0.6) is 11.5 Å². The minimum atomic E-state index is -0.0342. The molecule has 1 amide bonds. The van der Waals surface area contributed by atoms with Gasteiger partial charge in [0.1, 0.15) is 6.61 Å². The van der Waals surface area contributed by atoms with E-state index in [0.29, 0.717) is 24.7 Å². The number of para-hydroxylation sites is 2. The highest BCUT2D eigenvalue weighted by atomic mass is 16.5. The van der Waals surface area contributed by atoms with Crippen molar-refractivity contribution in [3.05, 3.63) is 60.2 Å². The van der Waals surface area contributed by atoms with Gasteiger partial charge in [-0.1, -0.05) is 42.5 Å². The van der Waals surface area contributed by atoms with Crippen LogP contribution < -0.4 is 15.2 Å². The Morgan fingerprint density at radius 3 is 2.44 bits per heavy atom. The molecule has 25 heavy (non-hydrogen) atoms. The summed E-state index contributed by atoms with van der Waals surface area (Å²) in [5.41, 5.74) is 7.01. The number of piperidine rings is 1. The summed E-state index contributed by atoms with van der Waals surface area (Å²) in [6.45, 7) is 1.81. The van der Waals surface area contributed by atoms with E-state index in [2.05, 4.69) is 0 Å². The first-order valence-electron chi connectivity index (χ1n) is 8.64. The van der Waals surface area contributed by atoms with Gasteiger partial charge in [0.25, 0.3) is 5.91 Å². The number of hydrogen-bond acceptors (Lipinski definition) is 4. The van der Waals surface area contributed by atoms with Gasteiger partial charge in [-0.3, -0.25) is 4.79 Å². The molecular weight excluding hydrogens is 316 g/mol. The molecule has 5 nitrogen and oxygen atoms in total. The number of nitrogens with zero attached hydrogens (tertiary/aromatic N) is 1. The second-order valence-electron chi connectivity index (χ2n) is 6.25. The summed E-state index contributed by atoms with van der Waals surface area (Å²) in [5, 5.41) is 0. The summed E-state index contributed by atoms with van der Waals surface area (Å²) in [4.78, 5) is 14.1. The highest BCUT2D eigenvalue weighted by molar-refractivity contribution is 5.78. The summed E-state index contributed by atoms with van der Waals surface area (Å²) in [5.74, 6) is 1.18. The molecule has 2 N–H and O–H groups in total. The minimum absolute atomic E-state index is 0.00156. The Labute approximate surface area is 148 Å². The molecule has 0 radical (unpaired) electrons. The Hall–Kier alpha value is -2.53. The summed E-state index contributed by atoms with van der Waals surface area (Å²) in [7, 11) is 0. The Morgan fingerprint density at radius 2 is 1.72 bits per heavy atom. The molecule has 2 aromatic rings. The number of carbonyl (C=O) groups excluding carboxylic acids is 1. The highest BCUT2D eigenvalue weighted by Gasteiger charge is 2.21. The summed E-state index contributed by atoms with van der Waals surface area (Å²) >= 11 is 0. The van der Waals surface area contributed by atoms with Crippen molar-refractivity contribution in [3.63, 3.8) is 0 Å². The molecular formula is C20H24N2O3. The van der Waals surface area contributed by atoms with Gasteiger partial charge in [0.05, 0.1) is 0 Å². The van der Waals surface area contributed by atoms with Crippen LogP contribution in [0.4, 0.5) is 0 Å². The molecule has 1 unspecified atom stereocenters. The zero-order chi connectivity index (χ0) is 17.5. The van der Waals surface area contributed by atoms with E-state index < -0.39 is 0 Å². The lowest BCUT2D eigenvalue weighted by Gasteiger charge is -2.30. The SMILES string of the molecule is NC1CCCN(C(=O)COc2ccccc2OCc2ccccc2)C1. The fourth-order valence-electron chi connectivity index (χ4n) is 2.89. The van der Waals surface area contributed by atoms with Gasteiger partial charge in [-0.15, -0.1) is 0 Å². The van der Waals surface area contributed by atoms with Crippen molar-refractivity contribution in [3.8, 4) is 11.5 Å². The Balaban J connectivity index is 1.56. The molecule has 1 aliphatic rings. The largest absolute Gasteiger partial charge is 0.485 e. The molecule has 1 heterocycles. The summed E-state index contributed by atoms with van der Waals surface area (Å²) in [6.07, 6.45) is 1.92. The molecule has 1 atom stereocenters. The average Bonchev–Trinajstić information content (AvgIpc) is 2.66. The number of carbonyl (C=O) groups is 1. The highest BCUT2D eigenvalue weighted by Crippen LogP contribution is 2.27. The van der Waals surface area contributed by atoms with Crippen molar-refractivity contribution >= 4 is 5.91 Å². The van der Waals surface area contributed by atoms with E-state index in [1.54, 1.807) is 4.90 Å². The predicted molar refractivity (Wildman–Crippen MR) is 96.5 cm³/mol. The van der Waals surface area contributed by atoms with Crippen molar-refractivity contribution in [1.29, 1.82) is 0 Å². The molecule has 132 valence electrons. The number of rotatable bonds is 6. The Morgan fingerprint density at radius 1 is 1.04 bits per heavy atom. The van der Waals surface area contributed by atoms with Gasteiger partial charge in [0.2, 0.25) is 0 Å². The lowest BCUT2D eigenvalue weighted by atomic mass is 10.1. The Bertz CT molecular complexity index is 690. The van der Waals surface area contributed by atoms with E-state index in [9.17, 15) is 4.79 Å². The third-order valence-corrected chi connectivity index (χ3v) is 4.25. The van der Waals surface area contributed by atoms with Crippen LogP contribution in [0.2, 0.25) is 0 Å². The number of ether oxygens (including phenoxy) is 2. The van der Waals surface area contributed by atoms with Gasteiger partial charge in [-0.25, -0.2) is 0 Å². The van der Waals surface area contributed by atoms with E-state index in [4.69, 9.17) is 15.2 Å². The predicted octanol–water partition coefficient (Wildman–Crippen LogP) is 2.59. The first kappa shape index (κ1) is 17.3. The smallest absolute Gasteiger partial charge is 0.260 e. The van der Waals surface area contributed by atoms with Gasteiger partial charge in [-0.05, 0) is 30.5 Å². The minimum Gasteiger partial charge on any atom is -0.485 e. The maximum absolute atomic E-state index is 12.3. The number of nitrogens with two attached hydrogens (primary N) is 1. The van der Waals surface area contributed by atoms with Gasteiger partial charge < -0.3 is 20.1 Å². The van der Waals surface area contributed by atoms with Crippen LogP contribution in [0.25, 0.3) is 0 Å². The molecule has 0 aliphatic carbocycles. The third kappa shape index (κ3) is 4.97. The molecule has 0 aromatic heterocycles. The molecule has 5 heteroatoms. The summed E-state index contributed by atoms with van der Waals surface area (Å²) in [6, 6.07) is 17.4. The van der Waals surface area contributed by atoms with E-state index in [-0.39, 0.29) is 18.6 Å². The standard InChI is InChI=1S/C20H24N2O3/c21-17-9-6-12-22(13-17)20(23)15-25-19-11-5-4-10-18(19)24-14-16-7-2-1-3-8-16/h1-5,7-8,10-11,17H,6,9,12-15,21H2.